The average molecular weight is 192 g/mol. The topological polar surface area (TPSA) is 46.6 Å². The van der Waals surface area contributed by atoms with E-state index < -0.39 is 6.04 Å². The van der Waals surface area contributed by atoms with Gasteiger partial charge in [0.25, 0.3) is 0 Å². The zero-order chi connectivity index (χ0) is 9.14. The van der Waals surface area contributed by atoms with E-state index in [1.165, 1.54) is 12.0 Å². The van der Waals surface area contributed by atoms with Crippen molar-refractivity contribution < 1.29 is 14.3 Å². The number of carbonyl (C=O) groups excluding carboxylic acids is 2. The van der Waals surface area contributed by atoms with Crippen molar-refractivity contribution in [3.8, 4) is 0 Å². The normalized spacial score (nSPS) is 21.5. The molecule has 1 unspecified atom stereocenters. The molecule has 1 aliphatic rings. The van der Waals surface area contributed by atoms with Gasteiger partial charge in [0.2, 0.25) is 5.91 Å². The number of nitrogens with zero attached hydrogens (tertiary/aromatic N) is 1. The lowest BCUT2D eigenvalue weighted by molar-refractivity contribution is -0.158. The van der Waals surface area contributed by atoms with Crippen molar-refractivity contribution in [3.63, 3.8) is 0 Å². The van der Waals surface area contributed by atoms with Gasteiger partial charge in [-0.05, 0) is 6.42 Å². The van der Waals surface area contributed by atoms with E-state index in [-0.39, 0.29) is 17.8 Å². The molecule has 1 atom stereocenters. The van der Waals surface area contributed by atoms with Crippen molar-refractivity contribution in [1.29, 1.82) is 0 Å². The van der Waals surface area contributed by atoms with Crippen LogP contribution < -0.4 is 0 Å². The van der Waals surface area contributed by atoms with Gasteiger partial charge in [0.15, 0.2) is 0 Å². The van der Waals surface area contributed by atoms with Gasteiger partial charge in [-0.1, -0.05) is 0 Å². The third-order valence-corrected chi connectivity index (χ3v) is 2.16. The molecule has 0 spiro atoms. The summed E-state index contributed by atoms with van der Waals surface area (Å²) in [5.41, 5.74) is 0. The molecule has 68 valence electrons. The van der Waals surface area contributed by atoms with E-state index in [2.05, 4.69) is 4.74 Å². The first-order valence-electron chi connectivity index (χ1n) is 3.64. The van der Waals surface area contributed by atoms with Crippen LogP contribution in [0.3, 0.4) is 0 Å². The summed E-state index contributed by atoms with van der Waals surface area (Å²) >= 11 is 5.33. The molecule has 1 heterocycles. The van der Waals surface area contributed by atoms with Crippen LogP contribution in [0.5, 0.6) is 0 Å². The van der Waals surface area contributed by atoms with Crippen LogP contribution in [-0.4, -0.2) is 42.4 Å². The molecule has 0 saturated carbocycles. The van der Waals surface area contributed by atoms with Crippen molar-refractivity contribution in [2.24, 2.45) is 0 Å². The Labute approximate surface area is 75.4 Å². The number of esters is 1. The van der Waals surface area contributed by atoms with E-state index in [0.29, 0.717) is 13.0 Å². The lowest BCUT2D eigenvalue weighted by Crippen LogP contribution is -2.55. The Morgan fingerprint density at radius 2 is 2.33 bits per heavy atom. The van der Waals surface area contributed by atoms with Gasteiger partial charge in [0, 0.05) is 6.54 Å². The quantitative estimate of drug-likeness (QED) is 0.456. The number of hydrogen-bond acceptors (Lipinski definition) is 3. The minimum absolute atomic E-state index is 0.0759. The average Bonchev–Trinajstić information content (AvgIpc) is 2.02. The summed E-state index contributed by atoms with van der Waals surface area (Å²) in [6.07, 6.45) is 0.676. The molecule has 0 aromatic heterocycles. The van der Waals surface area contributed by atoms with Crippen LogP contribution >= 0.6 is 11.6 Å². The van der Waals surface area contributed by atoms with Gasteiger partial charge in [0.05, 0.1) is 7.11 Å². The molecule has 12 heavy (non-hydrogen) atoms. The fraction of sp³-hybridized carbons (Fsp3) is 0.714. The van der Waals surface area contributed by atoms with Gasteiger partial charge in [-0.15, -0.1) is 11.6 Å². The van der Waals surface area contributed by atoms with Gasteiger partial charge in [-0.3, -0.25) is 4.79 Å². The Morgan fingerprint density at radius 1 is 1.67 bits per heavy atom. The third kappa shape index (κ3) is 1.53. The van der Waals surface area contributed by atoms with Crippen LogP contribution in [-0.2, 0) is 14.3 Å². The molecular weight excluding hydrogens is 182 g/mol. The van der Waals surface area contributed by atoms with Crippen molar-refractivity contribution in [1.82, 2.24) is 4.90 Å². The lowest BCUT2D eigenvalue weighted by atomic mass is 10.0. The number of rotatable bonds is 2. The highest BCUT2D eigenvalue weighted by Gasteiger charge is 2.37. The summed E-state index contributed by atoms with van der Waals surface area (Å²) < 4.78 is 4.50. The number of hydrogen-bond donors (Lipinski definition) is 0. The van der Waals surface area contributed by atoms with Crippen LogP contribution in [0.25, 0.3) is 0 Å². The predicted molar refractivity (Wildman–Crippen MR) is 42.9 cm³/mol. The maximum atomic E-state index is 11.0. The number of ether oxygens (including phenoxy) is 1. The van der Waals surface area contributed by atoms with Crippen molar-refractivity contribution in [3.05, 3.63) is 0 Å². The van der Waals surface area contributed by atoms with Crippen molar-refractivity contribution in [2.45, 2.75) is 12.5 Å². The molecule has 0 N–H and O–H groups in total. The second kappa shape index (κ2) is 3.76. The monoisotopic (exact) mass is 191 g/mol. The SMILES string of the molecule is COC(=O)C1CCN1C(=O)CCl. The molecule has 1 aliphatic heterocycles. The fourth-order valence-corrected chi connectivity index (χ4v) is 1.30. The molecule has 1 fully saturated rings. The first-order valence-corrected chi connectivity index (χ1v) is 4.17. The van der Waals surface area contributed by atoms with Gasteiger partial charge >= 0.3 is 5.97 Å². The first-order chi connectivity index (χ1) is 5.70. The number of amides is 1. The van der Waals surface area contributed by atoms with E-state index in [0.717, 1.165) is 0 Å². The summed E-state index contributed by atoms with van der Waals surface area (Å²) in [5, 5.41) is 0. The van der Waals surface area contributed by atoms with Crippen LogP contribution in [0.2, 0.25) is 0 Å². The van der Waals surface area contributed by atoms with E-state index >= 15 is 0 Å². The summed E-state index contributed by atoms with van der Waals surface area (Å²) in [5.74, 6) is -0.647. The second-order valence-electron chi connectivity index (χ2n) is 2.55. The fourth-order valence-electron chi connectivity index (χ4n) is 1.14. The van der Waals surface area contributed by atoms with E-state index in [9.17, 15) is 9.59 Å². The molecule has 1 saturated heterocycles. The number of likely N-dealkylation sites (tertiary alicyclic amines) is 1. The number of alkyl halides is 1. The highest BCUT2D eigenvalue weighted by molar-refractivity contribution is 6.27. The van der Waals surface area contributed by atoms with E-state index in [1.54, 1.807) is 0 Å². The highest BCUT2D eigenvalue weighted by atomic mass is 35.5. The Morgan fingerprint density at radius 3 is 2.67 bits per heavy atom. The molecule has 4 nitrogen and oxygen atoms in total. The second-order valence-corrected chi connectivity index (χ2v) is 2.82. The lowest BCUT2D eigenvalue weighted by Gasteiger charge is -2.38. The number of carbonyl (C=O) groups is 2. The van der Waals surface area contributed by atoms with Crippen molar-refractivity contribution >= 4 is 23.5 Å². The number of halogens is 1. The maximum absolute atomic E-state index is 11.0. The maximum Gasteiger partial charge on any atom is 0.328 e. The molecule has 0 radical (unpaired) electrons. The van der Waals surface area contributed by atoms with Crippen LogP contribution in [0.4, 0.5) is 0 Å². The van der Waals surface area contributed by atoms with Crippen LogP contribution in [0.15, 0.2) is 0 Å². The predicted octanol–water partition coefficient (Wildman–Crippen LogP) is -0.000900. The Kier molecular flexibility index (Phi) is 2.92. The van der Waals surface area contributed by atoms with Gasteiger partial charge in [-0.25, -0.2) is 4.79 Å². The molecule has 0 aromatic carbocycles. The molecule has 0 bridgehead atoms. The Balaban J connectivity index is 2.49. The van der Waals surface area contributed by atoms with Gasteiger partial charge < -0.3 is 9.64 Å². The van der Waals surface area contributed by atoms with Gasteiger partial charge in [0.1, 0.15) is 11.9 Å². The summed E-state index contributed by atoms with van der Waals surface area (Å²) in [4.78, 5) is 23.4. The summed E-state index contributed by atoms with van der Waals surface area (Å²) in [7, 11) is 1.31. The minimum Gasteiger partial charge on any atom is -0.467 e. The molecule has 0 aliphatic carbocycles. The van der Waals surface area contributed by atoms with E-state index in [1.807, 2.05) is 0 Å². The Hall–Kier alpha value is -0.770. The standard InChI is InChI=1S/C7H10ClNO3/c1-12-7(11)5-2-3-9(5)6(10)4-8/h5H,2-4H2,1H3. The zero-order valence-corrected chi connectivity index (χ0v) is 7.50. The molecule has 1 amide bonds. The largest absolute Gasteiger partial charge is 0.467 e. The minimum atomic E-state index is -0.402. The highest BCUT2D eigenvalue weighted by Crippen LogP contribution is 2.18. The Bertz CT molecular complexity index is 185. The molecule has 5 heteroatoms. The van der Waals surface area contributed by atoms with E-state index in [4.69, 9.17) is 11.6 Å². The molecule has 0 aromatic rings. The summed E-state index contributed by atoms with van der Waals surface area (Å²) in [6.45, 7) is 0.602. The van der Waals surface area contributed by atoms with Gasteiger partial charge in [-0.2, -0.15) is 0 Å². The zero-order valence-electron chi connectivity index (χ0n) is 6.75. The van der Waals surface area contributed by atoms with Crippen molar-refractivity contribution in [2.75, 3.05) is 19.5 Å². The smallest absolute Gasteiger partial charge is 0.328 e. The first kappa shape index (κ1) is 9.32. The summed E-state index contributed by atoms with van der Waals surface area (Å²) in [6, 6.07) is -0.402. The van der Waals surface area contributed by atoms with Crippen LogP contribution in [0, 0.1) is 0 Å². The van der Waals surface area contributed by atoms with Crippen LogP contribution in [0.1, 0.15) is 6.42 Å². The molecule has 1 rings (SSSR count). The molecular formula is C7H10ClNO3. The number of methoxy groups -OCH3 is 1. The third-order valence-electron chi connectivity index (χ3n) is 1.93.